The molecule has 0 amide bonds. The first-order chi connectivity index (χ1) is 11.3. The highest BCUT2D eigenvalue weighted by Crippen LogP contribution is 2.27. The van der Waals surface area contributed by atoms with E-state index >= 15 is 0 Å². The molecule has 1 N–H and O–H groups in total. The smallest absolute Gasteiger partial charge is 0.133 e. The number of hydrogen-bond acceptors (Lipinski definition) is 4. The van der Waals surface area contributed by atoms with Gasteiger partial charge in [0.1, 0.15) is 11.5 Å². The van der Waals surface area contributed by atoms with Gasteiger partial charge in [-0.3, -0.25) is 9.78 Å². The fourth-order valence-electron chi connectivity index (χ4n) is 3.04. The molecule has 4 heteroatoms. The van der Waals surface area contributed by atoms with E-state index in [1.165, 1.54) is 0 Å². The Morgan fingerprint density at radius 1 is 1.13 bits per heavy atom. The summed E-state index contributed by atoms with van der Waals surface area (Å²) >= 11 is 0. The molecule has 23 heavy (non-hydrogen) atoms. The molecule has 1 aromatic carbocycles. The molecule has 2 aromatic rings. The summed E-state index contributed by atoms with van der Waals surface area (Å²) in [7, 11) is 1.70. The minimum atomic E-state index is 0.389. The number of benzene rings is 1. The monoisotopic (exact) mass is 310 g/mol. The summed E-state index contributed by atoms with van der Waals surface area (Å²) in [5, 5.41) is 3.57. The molecular formula is C19H22N2O2. The number of hydrogen-bond donors (Lipinski definition) is 1. The molecule has 1 fully saturated rings. The Bertz CT molecular complexity index is 660. The number of ketones is 1. The van der Waals surface area contributed by atoms with Crippen molar-refractivity contribution in [1.82, 2.24) is 10.3 Å². The third-order valence-electron chi connectivity index (χ3n) is 4.42. The largest absolute Gasteiger partial charge is 0.496 e. The van der Waals surface area contributed by atoms with Crippen molar-refractivity contribution in [2.45, 2.75) is 38.3 Å². The second-order valence-corrected chi connectivity index (χ2v) is 5.96. The van der Waals surface area contributed by atoms with E-state index in [0.29, 0.717) is 24.7 Å². The maximum absolute atomic E-state index is 11.3. The highest BCUT2D eigenvalue weighted by atomic mass is 16.5. The average molecular weight is 310 g/mol. The lowest BCUT2D eigenvalue weighted by Gasteiger charge is -2.23. The van der Waals surface area contributed by atoms with Gasteiger partial charge < -0.3 is 10.1 Å². The van der Waals surface area contributed by atoms with Gasteiger partial charge in [-0.2, -0.15) is 0 Å². The molecule has 1 aliphatic carbocycles. The predicted molar refractivity (Wildman–Crippen MR) is 90.3 cm³/mol. The molecule has 0 bridgehead atoms. The van der Waals surface area contributed by atoms with Crippen molar-refractivity contribution in [2.75, 3.05) is 7.11 Å². The second-order valence-electron chi connectivity index (χ2n) is 5.96. The van der Waals surface area contributed by atoms with Gasteiger partial charge in [-0.05, 0) is 48.2 Å². The SMILES string of the molecule is COc1ccc(-c2ccncc2)cc1CNC1CCC(=O)CC1. The minimum Gasteiger partial charge on any atom is -0.496 e. The summed E-state index contributed by atoms with van der Waals surface area (Å²) in [5.41, 5.74) is 3.44. The average Bonchev–Trinajstić information content (AvgIpc) is 2.62. The summed E-state index contributed by atoms with van der Waals surface area (Å²) in [5.74, 6) is 1.28. The molecular weight excluding hydrogens is 288 g/mol. The fourth-order valence-corrected chi connectivity index (χ4v) is 3.04. The lowest BCUT2D eigenvalue weighted by Crippen LogP contribution is -2.32. The maximum atomic E-state index is 11.3. The zero-order valence-corrected chi connectivity index (χ0v) is 13.4. The van der Waals surface area contributed by atoms with Crippen LogP contribution in [-0.4, -0.2) is 23.9 Å². The Morgan fingerprint density at radius 2 is 1.87 bits per heavy atom. The van der Waals surface area contributed by atoms with Crippen LogP contribution in [0.1, 0.15) is 31.2 Å². The van der Waals surface area contributed by atoms with Crippen molar-refractivity contribution < 1.29 is 9.53 Å². The second kappa shape index (κ2) is 7.38. The summed E-state index contributed by atoms with van der Waals surface area (Å²) < 4.78 is 5.49. The van der Waals surface area contributed by atoms with Crippen LogP contribution in [0.15, 0.2) is 42.7 Å². The third-order valence-corrected chi connectivity index (χ3v) is 4.42. The molecule has 1 heterocycles. The number of ether oxygens (including phenoxy) is 1. The van der Waals surface area contributed by atoms with Crippen LogP contribution in [0.4, 0.5) is 0 Å². The number of rotatable bonds is 5. The molecule has 3 rings (SSSR count). The van der Waals surface area contributed by atoms with Gasteiger partial charge in [0, 0.05) is 43.4 Å². The lowest BCUT2D eigenvalue weighted by atomic mass is 9.94. The van der Waals surface area contributed by atoms with E-state index in [1.807, 2.05) is 18.2 Å². The van der Waals surface area contributed by atoms with Gasteiger partial charge >= 0.3 is 0 Å². The first-order valence-corrected chi connectivity index (χ1v) is 8.08. The molecule has 0 saturated heterocycles. The highest BCUT2D eigenvalue weighted by Gasteiger charge is 2.18. The molecule has 0 aliphatic heterocycles. The predicted octanol–water partition coefficient (Wildman–Crippen LogP) is 3.36. The fraction of sp³-hybridized carbons (Fsp3) is 0.368. The van der Waals surface area contributed by atoms with Crippen molar-refractivity contribution in [3.05, 3.63) is 48.3 Å². The number of pyridine rings is 1. The van der Waals surface area contributed by atoms with E-state index in [9.17, 15) is 4.79 Å². The third kappa shape index (κ3) is 3.96. The minimum absolute atomic E-state index is 0.389. The molecule has 1 aliphatic rings. The number of Topliss-reactive ketones (excluding diaryl/α,β-unsaturated/α-hetero) is 1. The van der Waals surface area contributed by atoms with Gasteiger partial charge in [-0.1, -0.05) is 6.07 Å². The summed E-state index contributed by atoms with van der Waals surface area (Å²) in [6.45, 7) is 0.751. The van der Waals surface area contributed by atoms with E-state index in [2.05, 4.69) is 22.4 Å². The van der Waals surface area contributed by atoms with Gasteiger partial charge in [0.25, 0.3) is 0 Å². The molecule has 1 aromatic heterocycles. The van der Waals surface area contributed by atoms with Crippen LogP contribution in [0.3, 0.4) is 0 Å². The van der Waals surface area contributed by atoms with Crippen LogP contribution in [-0.2, 0) is 11.3 Å². The van der Waals surface area contributed by atoms with Crippen molar-refractivity contribution in [3.8, 4) is 16.9 Å². The first-order valence-electron chi connectivity index (χ1n) is 8.08. The number of nitrogens with zero attached hydrogens (tertiary/aromatic N) is 1. The summed E-state index contributed by atoms with van der Waals surface area (Å²) in [6, 6.07) is 10.7. The Labute approximate surface area is 136 Å². The normalized spacial score (nSPS) is 15.6. The van der Waals surface area contributed by atoms with Gasteiger partial charge in [-0.15, -0.1) is 0 Å². The van der Waals surface area contributed by atoms with Crippen LogP contribution in [0.2, 0.25) is 0 Å². The molecule has 0 radical (unpaired) electrons. The van der Waals surface area contributed by atoms with Crippen molar-refractivity contribution in [3.63, 3.8) is 0 Å². The molecule has 0 unspecified atom stereocenters. The van der Waals surface area contributed by atoms with Crippen LogP contribution in [0, 0.1) is 0 Å². The van der Waals surface area contributed by atoms with E-state index in [1.54, 1.807) is 19.5 Å². The number of aromatic nitrogens is 1. The van der Waals surface area contributed by atoms with Crippen LogP contribution >= 0.6 is 0 Å². The molecule has 0 atom stereocenters. The van der Waals surface area contributed by atoms with Crippen LogP contribution < -0.4 is 10.1 Å². The summed E-state index contributed by atoms with van der Waals surface area (Å²) in [4.78, 5) is 15.4. The number of methoxy groups -OCH3 is 1. The van der Waals surface area contributed by atoms with Crippen LogP contribution in [0.25, 0.3) is 11.1 Å². The molecule has 120 valence electrons. The Hall–Kier alpha value is -2.20. The van der Waals surface area contributed by atoms with Crippen molar-refractivity contribution in [1.29, 1.82) is 0 Å². The number of carbonyl (C=O) groups is 1. The number of carbonyl (C=O) groups excluding carboxylic acids is 1. The van der Waals surface area contributed by atoms with Crippen molar-refractivity contribution in [2.24, 2.45) is 0 Å². The van der Waals surface area contributed by atoms with E-state index in [0.717, 1.165) is 41.8 Å². The topological polar surface area (TPSA) is 51.2 Å². The van der Waals surface area contributed by atoms with E-state index < -0.39 is 0 Å². The summed E-state index contributed by atoms with van der Waals surface area (Å²) in [6.07, 6.45) is 6.88. The molecule has 0 spiro atoms. The molecule has 1 saturated carbocycles. The van der Waals surface area contributed by atoms with Crippen LogP contribution in [0.5, 0.6) is 5.75 Å². The van der Waals surface area contributed by atoms with E-state index in [4.69, 9.17) is 4.74 Å². The van der Waals surface area contributed by atoms with Gasteiger partial charge in [0.05, 0.1) is 7.11 Å². The standard InChI is InChI=1S/C19H22N2O2/c1-23-19-7-2-15(14-8-10-20-11-9-14)12-16(19)13-21-17-3-5-18(22)6-4-17/h2,7-12,17,21H,3-6,13H2,1H3. The zero-order chi connectivity index (χ0) is 16.1. The van der Waals surface area contributed by atoms with E-state index in [-0.39, 0.29) is 0 Å². The highest BCUT2D eigenvalue weighted by molar-refractivity contribution is 5.79. The van der Waals surface area contributed by atoms with Gasteiger partial charge in [0.15, 0.2) is 0 Å². The Kier molecular flexibility index (Phi) is 5.03. The maximum Gasteiger partial charge on any atom is 0.133 e. The molecule has 4 nitrogen and oxygen atoms in total. The van der Waals surface area contributed by atoms with Gasteiger partial charge in [-0.25, -0.2) is 0 Å². The number of nitrogens with one attached hydrogen (secondary N) is 1. The first kappa shape index (κ1) is 15.7. The Balaban J connectivity index is 1.73. The zero-order valence-electron chi connectivity index (χ0n) is 13.4. The van der Waals surface area contributed by atoms with Gasteiger partial charge in [0.2, 0.25) is 0 Å². The quantitative estimate of drug-likeness (QED) is 0.920. The van der Waals surface area contributed by atoms with Crippen molar-refractivity contribution >= 4 is 5.78 Å². The Morgan fingerprint density at radius 3 is 2.57 bits per heavy atom. The lowest BCUT2D eigenvalue weighted by molar-refractivity contribution is -0.120.